The summed E-state index contributed by atoms with van der Waals surface area (Å²) in [7, 11) is 0. The number of aliphatic hydroxyl groups is 1. The molecule has 6 nitrogen and oxygen atoms in total. The number of nitrogens with one attached hydrogen (secondary N) is 4. The van der Waals surface area contributed by atoms with Crippen molar-refractivity contribution in [2.75, 3.05) is 30.3 Å². The second-order valence-corrected chi connectivity index (χ2v) is 7.61. The van der Waals surface area contributed by atoms with Gasteiger partial charge in [0, 0.05) is 59.5 Å². The highest BCUT2D eigenvalue weighted by Gasteiger charge is 2.07. The Hall–Kier alpha value is -3.35. The molecule has 0 aliphatic carbocycles. The van der Waals surface area contributed by atoms with Crippen LogP contribution in [0.3, 0.4) is 0 Å². The minimum atomic E-state index is 0.0811. The Morgan fingerprint density at radius 3 is 2.61 bits per heavy atom. The second-order valence-electron chi connectivity index (χ2n) is 7.61. The van der Waals surface area contributed by atoms with E-state index in [9.17, 15) is 0 Å². The molecule has 0 saturated heterocycles. The average molecular weight is 416 g/mol. The zero-order valence-electron chi connectivity index (χ0n) is 17.7. The first-order valence-corrected chi connectivity index (χ1v) is 10.7. The maximum atomic E-state index is 8.98. The van der Waals surface area contributed by atoms with E-state index in [-0.39, 0.29) is 12.6 Å². The number of pyridine rings is 1. The van der Waals surface area contributed by atoms with Crippen molar-refractivity contribution in [2.24, 2.45) is 0 Å². The summed E-state index contributed by atoms with van der Waals surface area (Å²) in [5.41, 5.74) is 6.57. The number of H-pyrrole nitrogens is 1. The van der Waals surface area contributed by atoms with Crippen LogP contribution in [0, 0.1) is 0 Å². The molecule has 4 aromatic rings. The van der Waals surface area contributed by atoms with Crippen molar-refractivity contribution in [2.45, 2.75) is 19.4 Å². The molecule has 160 valence electrons. The largest absolute Gasteiger partial charge is 0.395 e. The van der Waals surface area contributed by atoms with E-state index >= 15 is 0 Å². The summed E-state index contributed by atoms with van der Waals surface area (Å²) in [4.78, 5) is 7.76. The van der Waals surface area contributed by atoms with Gasteiger partial charge < -0.3 is 26.0 Å². The first-order chi connectivity index (χ1) is 15.2. The number of anilines is 3. The number of hydrogen-bond acceptors (Lipinski definition) is 5. The topological polar surface area (TPSA) is 85.0 Å². The number of aromatic amines is 1. The molecule has 2 heterocycles. The Balaban J connectivity index is 1.31. The lowest BCUT2D eigenvalue weighted by atomic mass is 10.1. The molecule has 2 aromatic carbocycles. The van der Waals surface area contributed by atoms with E-state index in [2.05, 4.69) is 80.6 Å². The standard InChI is InChI=1S/C25H29N5O/c1-18(26-14-15-31)25-16-22(11-13-28-25)30-21-8-6-20(7-9-21)27-12-10-19-17-29-24-5-3-2-4-23(19)24/h2-9,11,13,16-18,26-27,29,31H,10,12,14-15H2,1H3,(H,28,30). The van der Waals surface area contributed by atoms with Gasteiger partial charge >= 0.3 is 0 Å². The molecule has 1 unspecified atom stereocenters. The van der Waals surface area contributed by atoms with E-state index in [1.54, 1.807) is 6.20 Å². The van der Waals surface area contributed by atoms with E-state index < -0.39 is 0 Å². The molecule has 0 aliphatic rings. The van der Waals surface area contributed by atoms with Crippen LogP contribution in [0.25, 0.3) is 10.9 Å². The summed E-state index contributed by atoms with van der Waals surface area (Å²) >= 11 is 0. The third-order valence-corrected chi connectivity index (χ3v) is 5.36. The minimum Gasteiger partial charge on any atom is -0.395 e. The fourth-order valence-electron chi connectivity index (χ4n) is 3.67. The van der Waals surface area contributed by atoms with E-state index in [1.165, 1.54) is 16.5 Å². The van der Waals surface area contributed by atoms with Gasteiger partial charge in [-0.25, -0.2) is 0 Å². The monoisotopic (exact) mass is 415 g/mol. The smallest absolute Gasteiger partial charge is 0.0590 e. The predicted octanol–water partition coefficient (Wildman–Crippen LogP) is 4.60. The summed E-state index contributed by atoms with van der Waals surface area (Å²) in [6.07, 6.45) is 4.87. The Morgan fingerprint density at radius 2 is 1.77 bits per heavy atom. The lowest BCUT2D eigenvalue weighted by Crippen LogP contribution is -2.22. The van der Waals surface area contributed by atoms with Gasteiger partial charge in [-0.2, -0.15) is 0 Å². The minimum absolute atomic E-state index is 0.0811. The number of rotatable bonds is 10. The third kappa shape index (κ3) is 5.42. The zero-order chi connectivity index (χ0) is 21.5. The quantitative estimate of drug-likeness (QED) is 0.261. The van der Waals surface area contributed by atoms with Crippen molar-refractivity contribution in [1.29, 1.82) is 0 Å². The maximum Gasteiger partial charge on any atom is 0.0590 e. The SMILES string of the molecule is CC(NCCO)c1cc(Nc2ccc(NCCc3c[nH]c4ccccc34)cc2)ccn1. The molecule has 6 heteroatoms. The molecule has 0 spiro atoms. The highest BCUT2D eigenvalue weighted by Crippen LogP contribution is 2.22. The Bertz CT molecular complexity index is 1110. The lowest BCUT2D eigenvalue weighted by molar-refractivity contribution is 0.286. The highest BCUT2D eigenvalue weighted by molar-refractivity contribution is 5.83. The third-order valence-electron chi connectivity index (χ3n) is 5.36. The van der Waals surface area contributed by atoms with Crippen molar-refractivity contribution in [1.82, 2.24) is 15.3 Å². The number of hydrogen-bond donors (Lipinski definition) is 5. The van der Waals surface area contributed by atoms with Gasteiger partial charge in [-0.1, -0.05) is 18.2 Å². The van der Waals surface area contributed by atoms with Gasteiger partial charge in [-0.05, 0) is 61.4 Å². The van der Waals surface area contributed by atoms with Crippen LogP contribution in [0.1, 0.15) is 24.2 Å². The van der Waals surface area contributed by atoms with Gasteiger partial charge in [0.15, 0.2) is 0 Å². The number of nitrogens with zero attached hydrogens (tertiary/aromatic N) is 1. The molecule has 2 aromatic heterocycles. The lowest BCUT2D eigenvalue weighted by Gasteiger charge is -2.14. The fraction of sp³-hybridized carbons (Fsp3) is 0.240. The van der Waals surface area contributed by atoms with Gasteiger partial charge in [0.25, 0.3) is 0 Å². The second kappa shape index (κ2) is 10.1. The molecule has 0 saturated carbocycles. The predicted molar refractivity (Wildman–Crippen MR) is 128 cm³/mol. The van der Waals surface area contributed by atoms with Crippen LogP contribution >= 0.6 is 0 Å². The fourth-order valence-corrected chi connectivity index (χ4v) is 3.67. The first-order valence-electron chi connectivity index (χ1n) is 10.7. The molecule has 0 amide bonds. The molecular weight excluding hydrogens is 386 g/mol. The highest BCUT2D eigenvalue weighted by atomic mass is 16.3. The van der Waals surface area contributed by atoms with Gasteiger partial charge in [0.05, 0.1) is 12.3 Å². The maximum absolute atomic E-state index is 8.98. The number of fused-ring (bicyclic) bond motifs is 1. The van der Waals surface area contributed by atoms with Crippen LogP contribution in [-0.2, 0) is 6.42 Å². The first kappa shape index (κ1) is 20.9. The van der Waals surface area contributed by atoms with Crippen LogP contribution in [0.5, 0.6) is 0 Å². The van der Waals surface area contributed by atoms with E-state index in [4.69, 9.17) is 5.11 Å². The summed E-state index contributed by atoms with van der Waals surface area (Å²) in [5.74, 6) is 0. The number of aliphatic hydroxyl groups excluding tert-OH is 1. The molecule has 31 heavy (non-hydrogen) atoms. The van der Waals surface area contributed by atoms with Crippen molar-refractivity contribution in [3.63, 3.8) is 0 Å². The van der Waals surface area contributed by atoms with Crippen LogP contribution < -0.4 is 16.0 Å². The molecule has 0 radical (unpaired) electrons. The summed E-state index contributed by atoms with van der Waals surface area (Å²) < 4.78 is 0. The number of aromatic nitrogens is 2. The molecular formula is C25H29N5O. The number of benzene rings is 2. The van der Waals surface area contributed by atoms with Crippen LogP contribution in [0.4, 0.5) is 17.1 Å². The average Bonchev–Trinajstić information content (AvgIpc) is 3.22. The van der Waals surface area contributed by atoms with E-state index in [0.717, 1.165) is 35.7 Å². The summed E-state index contributed by atoms with van der Waals surface area (Å²) in [6, 6.07) is 20.8. The van der Waals surface area contributed by atoms with Gasteiger partial charge in [-0.3, -0.25) is 4.98 Å². The summed E-state index contributed by atoms with van der Waals surface area (Å²) in [5, 5.41) is 20.4. The van der Waals surface area contributed by atoms with Crippen LogP contribution in [0.2, 0.25) is 0 Å². The molecule has 4 rings (SSSR count). The molecule has 1 atom stereocenters. The van der Waals surface area contributed by atoms with Crippen molar-refractivity contribution in [3.05, 3.63) is 84.3 Å². The van der Waals surface area contributed by atoms with Gasteiger partial charge in [0.1, 0.15) is 0 Å². The number of para-hydroxylation sites is 1. The van der Waals surface area contributed by atoms with E-state index in [1.807, 2.05) is 19.1 Å². The zero-order valence-corrected chi connectivity index (χ0v) is 17.7. The van der Waals surface area contributed by atoms with Gasteiger partial charge in [0.2, 0.25) is 0 Å². The molecule has 0 fully saturated rings. The van der Waals surface area contributed by atoms with Crippen molar-refractivity contribution < 1.29 is 5.11 Å². The van der Waals surface area contributed by atoms with E-state index in [0.29, 0.717) is 6.54 Å². The molecule has 5 N–H and O–H groups in total. The van der Waals surface area contributed by atoms with Crippen LogP contribution in [-0.4, -0.2) is 34.8 Å². The van der Waals surface area contributed by atoms with Crippen molar-refractivity contribution >= 4 is 28.0 Å². The van der Waals surface area contributed by atoms with Gasteiger partial charge in [-0.15, -0.1) is 0 Å². The Kier molecular flexibility index (Phi) is 6.82. The normalized spacial score (nSPS) is 12.1. The van der Waals surface area contributed by atoms with Crippen molar-refractivity contribution in [3.8, 4) is 0 Å². The Morgan fingerprint density at radius 1 is 0.968 bits per heavy atom. The Labute approximate surface area is 182 Å². The molecule has 0 bridgehead atoms. The molecule has 0 aliphatic heterocycles. The summed E-state index contributed by atoms with van der Waals surface area (Å²) in [6.45, 7) is 3.58. The van der Waals surface area contributed by atoms with Crippen LogP contribution in [0.15, 0.2) is 73.1 Å².